The first-order valence-electron chi connectivity index (χ1n) is 7.31. The monoisotopic (exact) mass is 341 g/mol. The Morgan fingerprint density at radius 3 is 2.42 bits per heavy atom. The maximum atomic E-state index is 11.5. The van der Waals surface area contributed by atoms with Gasteiger partial charge in [-0.1, -0.05) is 54.3 Å². The highest BCUT2D eigenvalue weighted by molar-refractivity contribution is 6.30. The molecule has 0 radical (unpaired) electrons. The number of amides is 1. The molecule has 0 fully saturated rings. The molecular formula is C19H16ClNO3. The Hall–Kier alpha value is -2.77. The molecule has 2 aromatic carbocycles. The Balaban J connectivity index is 1.75. The van der Waals surface area contributed by atoms with Crippen LogP contribution in [-0.2, 0) is 11.3 Å². The summed E-state index contributed by atoms with van der Waals surface area (Å²) in [7, 11) is 0. The molecule has 1 amide bonds. The van der Waals surface area contributed by atoms with Crippen LogP contribution in [0.3, 0.4) is 0 Å². The van der Waals surface area contributed by atoms with E-state index in [0.29, 0.717) is 5.56 Å². The molecule has 2 rings (SSSR count). The minimum absolute atomic E-state index is 0.0416. The van der Waals surface area contributed by atoms with E-state index in [2.05, 4.69) is 17.2 Å². The van der Waals surface area contributed by atoms with Gasteiger partial charge in [0.25, 0.3) is 0 Å². The first-order chi connectivity index (χ1) is 11.7. The van der Waals surface area contributed by atoms with Crippen molar-refractivity contribution in [2.45, 2.75) is 6.61 Å². The summed E-state index contributed by atoms with van der Waals surface area (Å²) in [5, 5.41) is 2.56. The zero-order valence-electron chi connectivity index (χ0n) is 12.9. The fourth-order valence-electron chi connectivity index (χ4n) is 1.85. The molecule has 1 N–H and O–H groups in total. The minimum atomic E-state index is -0.517. The van der Waals surface area contributed by atoms with Crippen molar-refractivity contribution in [1.29, 1.82) is 0 Å². The zero-order valence-corrected chi connectivity index (χ0v) is 13.7. The number of ether oxygens (including phenoxy) is 1. The molecule has 0 saturated heterocycles. The van der Waals surface area contributed by atoms with Crippen LogP contribution in [0.5, 0.6) is 0 Å². The Morgan fingerprint density at radius 1 is 1.04 bits per heavy atom. The van der Waals surface area contributed by atoms with E-state index >= 15 is 0 Å². The van der Waals surface area contributed by atoms with Crippen LogP contribution in [0.1, 0.15) is 21.5 Å². The molecule has 0 spiro atoms. The number of alkyl halides is 1. The summed E-state index contributed by atoms with van der Waals surface area (Å²) < 4.78 is 5.07. The van der Waals surface area contributed by atoms with Crippen molar-refractivity contribution in [3.8, 4) is 11.8 Å². The lowest BCUT2D eigenvalue weighted by Gasteiger charge is -2.04. The van der Waals surface area contributed by atoms with Gasteiger partial charge in [-0.05, 0) is 17.7 Å². The molecule has 0 aliphatic heterocycles. The van der Waals surface area contributed by atoms with Gasteiger partial charge in [-0.25, -0.2) is 4.79 Å². The number of hydrogen-bond acceptors (Lipinski definition) is 3. The van der Waals surface area contributed by atoms with Crippen LogP contribution in [0.25, 0.3) is 0 Å². The van der Waals surface area contributed by atoms with Gasteiger partial charge in [0.15, 0.2) is 5.78 Å². The summed E-state index contributed by atoms with van der Waals surface area (Å²) in [4.78, 5) is 22.9. The molecule has 0 bridgehead atoms. The lowest BCUT2D eigenvalue weighted by Crippen LogP contribution is -2.24. The number of benzene rings is 2. The number of nitrogens with one attached hydrogen (secondary N) is 1. The summed E-state index contributed by atoms with van der Waals surface area (Å²) in [5.41, 5.74) is 2.23. The van der Waals surface area contributed by atoms with Gasteiger partial charge in [0.2, 0.25) is 0 Å². The van der Waals surface area contributed by atoms with E-state index in [1.54, 1.807) is 24.3 Å². The molecule has 0 unspecified atom stereocenters. The lowest BCUT2D eigenvalue weighted by molar-refractivity contribution is 0.102. The Morgan fingerprint density at radius 2 is 1.75 bits per heavy atom. The van der Waals surface area contributed by atoms with Gasteiger partial charge in [-0.3, -0.25) is 4.79 Å². The molecule has 5 heteroatoms. The molecule has 0 heterocycles. The number of alkyl carbamates (subject to hydrolysis) is 1. The third kappa shape index (κ3) is 5.79. The van der Waals surface area contributed by atoms with Gasteiger partial charge < -0.3 is 10.1 Å². The Labute approximate surface area is 145 Å². The highest BCUT2D eigenvalue weighted by Crippen LogP contribution is 2.05. The predicted molar refractivity (Wildman–Crippen MR) is 93.0 cm³/mol. The fourth-order valence-corrected chi connectivity index (χ4v) is 2.01. The van der Waals surface area contributed by atoms with Crippen molar-refractivity contribution in [3.05, 3.63) is 71.3 Å². The first-order valence-corrected chi connectivity index (χ1v) is 7.85. The van der Waals surface area contributed by atoms with Crippen molar-refractivity contribution >= 4 is 23.5 Å². The molecule has 2 aromatic rings. The third-order valence-corrected chi connectivity index (χ3v) is 3.34. The first kappa shape index (κ1) is 17.6. The van der Waals surface area contributed by atoms with Crippen molar-refractivity contribution in [1.82, 2.24) is 5.32 Å². The SMILES string of the molecule is O=C(NCC#Cc1ccc(C(=O)CCl)cc1)OCc1ccccc1. The van der Waals surface area contributed by atoms with Crippen molar-refractivity contribution in [2.75, 3.05) is 12.4 Å². The maximum Gasteiger partial charge on any atom is 0.408 e. The minimum Gasteiger partial charge on any atom is -0.445 e. The molecule has 0 aliphatic carbocycles. The second kappa shape index (κ2) is 9.39. The second-order valence-electron chi connectivity index (χ2n) is 4.85. The Bertz CT molecular complexity index is 746. The van der Waals surface area contributed by atoms with Gasteiger partial charge in [-0.2, -0.15) is 0 Å². The summed E-state index contributed by atoms with van der Waals surface area (Å²) in [6.07, 6.45) is -0.517. The highest BCUT2D eigenvalue weighted by Gasteiger charge is 2.02. The van der Waals surface area contributed by atoms with Gasteiger partial charge in [-0.15, -0.1) is 11.6 Å². The average molecular weight is 342 g/mol. The number of carbonyl (C=O) groups excluding carboxylic acids is 2. The number of halogens is 1. The smallest absolute Gasteiger partial charge is 0.408 e. The van der Waals surface area contributed by atoms with Crippen LogP contribution in [0.2, 0.25) is 0 Å². The van der Waals surface area contributed by atoms with E-state index in [1.165, 1.54) is 0 Å². The molecule has 0 aromatic heterocycles. The lowest BCUT2D eigenvalue weighted by atomic mass is 10.1. The van der Waals surface area contributed by atoms with E-state index in [9.17, 15) is 9.59 Å². The molecule has 24 heavy (non-hydrogen) atoms. The third-order valence-electron chi connectivity index (χ3n) is 3.09. The highest BCUT2D eigenvalue weighted by atomic mass is 35.5. The second-order valence-corrected chi connectivity index (χ2v) is 5.12. The van der Waals surface area contributed by atoms with Crippen LogP contribution < -0.4 is 5.32 Å². The van der Waals surface area contributed by atoms with Gasteiger partial charge in [0, 0.05) is 11.1 Å². The molecule has 122 valence electrons. The number of carbonyl (C=O) groups is 2. The molecule has 4 nitrogen and oxygen atoms in total. The summed E-state index contributed by atoms with van der Waals surface area (Å²) in [5.74, 6) is 5.55. The van der Waals surface area contributed by atoms with Gasteiger partial charge in [0.05, 0.1) is 12.4 Å². The van der Waals surface area contributed by atoms with Crippen LogP contribution in [0.15, 0.2) is 54.6 Å². The average Bonchev–Trinajstić information content (AvgIpc) is 2.64. The summed E-state index contributed by atoms with van der Waals surface area (Å²) in [6.45, 7) is 0.395. The Kier molecular flexibility index (Phi) is 6.88. The number of ketones is 1. The largest absolute Gasteiger partial charge is 0.445 e. The fraction of sp³-hybridized carbons (Fsp3) is 0.158. The van der Waals surface area contributed by atoms with E-state index in [-0.39, 0.29) is 24.8 Å². The van der Waals surface area contributed by atoms with Crippen LogP contribution in [0.4, 0.5) is 4.79 Å². The van der Waals surface area contributed by atoms with E-state index in [4.69, 9.17) is 16.3 Å². The molecule has 0 atom stereocenters. The van der Waals surface area contributed by atoms with Crippen LogP contribution in [0, 0.1) is 11.8 Å². The quantitative estimate of drug-likeness (QED) is 0.515. The predicted octanol–water partition coefficient (Wildman–Crippen LogP) is 3.39. The molecular weight excluding hydrogens is 326 g/mol. The van der Waals surface area contributed by atoms with E-state index in [0.717, 1.165) is 11.1 Å². The summed E-state index contributed by atoms with van der Waals surface area (Å²) >= 11 is 5.49. The number of rotatable bonds is 5. The van der Waals surface area contributed by atoms with Crippen LogP contribution in [-0.4, -0.2) is 24.3 Å². The molecule has 0 saturated carbocycles. The maximum absolute atomic E-state index is 11.5. The number of hydrogen-bond donors (Lipinski definition) is 1. The summed E-state index contributed by atoms with van der Waals surface area (Å²) in [6, 6.07) is 16.3. The molecule has 0 aliphatic rings. The van der Waals surface area contributed by atoms with Gasteiger partial charge in [0.1, 0.15) is 6.61 Å². The zero-order chi connectivity index (χ0) is 17.2. The normalized spacial score (nSPS) is 9.54. The van der Waals surface area contributed by atoms with Crippen molar-refractivity contribution in [3.63, 3.8) is 0 Å². The van der Waals surface area contributed by atoms with E-state index < -0.39 is 6.09 Å². The van der Waals surface area contributed by atoms with Crippen molar-refractivity contribution < 1.29 is 14.3 Å². The van der Waals surface area contributed by atoms with Crippen LogP contribution >= 0.6 is 11.6 Å². The standard InChI is InChI=1S/C19H16ClNO3/c20-13-18(22)17-10-8-15(9-11-17)7-4-12-21-19(23)24-14-16-5-2-1-3-6-16/h1-3,5-6,8-11H,12-14H2,(H,21,23). The van der Waals surface area contributed by atoms with Gasteiger partial charge >= 0.3 is 6.09 Å². The topological polar surface area (TPSA) is 55.4 Å². The van der Waals surface area contributed by atoms with E-state index in [1.807, 2.05) is 30.3 Å². The number of Topliss-reactive ketones (excluding diaryl/α,β-unsaturated/α-hetero) is 1. The van der Waals surface area contributed by atoms with Crippen molar-refractivity contribution in [2.24, 2.45) is 0 Å².